The molecule has 0 saturated carbocycles. The first-order valence-corrected chi connectivity index (χ1v) is 10.8. The van der Waals surface area contributed by atoms with Gasteiger partial charge in [0.1, 0.15) is 4.90 Å². The highest BCUT2D eigenvalue weighted by Crippen LogP contribution is 2.75. The van der Waals surface area contributed by atoms with Crippen LogP contribution in [0, 0.1) is 0 Å². The Hall–Kier alpha value is -0.310. The summed E-state index contributed by atoms with van der Waals surface area (Å²) in [6.07, 6.45) is 0.837. The third kappa shape index (κ3) is 4.61. The first kappa shape index (κ1) is 19.7. The molecule has 0 bridgehead atoms. The maximum Gasteiger partial charge on any atom is 0.343 e. The number of nitrogens with zero attached hydrogens (tertiary/aromatic N) is 3. The summed E-state index contributed by atoms with van der Waals surface area (Å²) >= 11 is 0. The summed E-state index contributed by atoms with van der Waals surface area (Å²) in [5, 5.41) is 3.45. The van der Waals surface area contributed by atoms with Crippen molar-refractivity contribution in [1.29, 1.82) is 0 Å². The van der Waals surface area contributed by atoms with Gasteiger partial charge in [0.2, 0.25) is 0 Å². The molecule has 0 aliphatic heterocycles. The van der Waals surface area contributed by atoms with Crippen molar-refractivity contribution in [3.05, 3.63) is 10.4 Å². The van der Waals surface area contributed by atoms with Crippen molar-refractivity contribution >= 4 is 14.7 Å². The van der Waals surface area contributed by atoms with E-state index in [0.717, 1.165) is 0 Å². The fourth-order valence-electron chi connectivity index (χ4n) is 1.89. The van der Waals surface area contributed by atoms with E-state index in [1.54, 1.807) is 34.1 Å². The lowest BCUT2D eigenvalue weighted by molar-refractivity contribution is 0.206. The smallest absolute Gasteiger partial charge is 0.323 e. The molecule has 0 rings (SSSR count). The van der Waals surface area contributed by atoms with Crippen LogP contribution in [-0.4, -0.2) is 38.0 Å². The average molecular weight is 325 g/mol. The van der Waals surface area contributed by atoms with Crippen molar-refractivity contribution in [2.24, 2.45) is 5.11 Å². The van der Waals surface area contributed by atoms with Crippen LogP contribution >= 0.6 is 14.7 Å². The molecule has 0 amide bonds. The van der Waals surface area contributed by atoms with Crippen LogP contribution in [-0.2, 0) is 18.2 Å². The molecule has 9 heteroatoms. The Morgan fingerprint density at radius 2 is 1.70 bits per heavy atom. The van der Waals surface area contributed by atoms with E-state index in [2.05, 4.69) is 10.0 Å². The largest absolute Gasteiger partial charge is 0.343 e. The molecule has 0 N–H and O–H groups in total. The number of rotatable bonds is 10. The highest BCUT2D eigenvalue weighted by molar-refractivity contribution is 7.78. The quantitative estimate of drug-likeness (QED) is 0.191. The average Bonchev–Trinajstić information content (AvgIpc) is 2.33. The lowest BCUT2D eigenvalue weighted by Crippen LogP contribution is -2.27. The van der Waals surface area contributed by atoms with Gasteiger partial charge in [-0.2, -0.15) is 0 Å². The molecule has 0 heterocycles. The predicted molar refractivity (Wildman–Crippen MR) is 82.0 cm³/mol. The Balaban J connectivity index is 5.44. The summed E-state index contributed by atoms with van der Waals surface area (Å²) in [6, 6.07) is 0. The highest BCUT2D eigenvalue weighted by atomic mass is 31.2. The Labute approximate surface area is 121 Å². The van der Waals surface area contributed by atoms with Gasteiger partial charge in [0.15, 0.2) is 0 Å². The second-order valence-electron chi connectivity index (χ2n) is 4.96. The monoisotopic (exact) mass is 325 g/mol. The van der Waals surface area contributed by atoms with E-state index in [9.17, 15) is 9.13 Å². The molecule has 118 valence electrons. The van der Waals surface area contributed by atoms with Gasteiger partial charge >= 0.3 is 7.60 Å². The van der Waals surface area contributed by atoms with Gasteiger partial charge in [-0.05, 0) is 52.5 Å². The molecule has 0 spiro atoms. The van der Waals surface area contributed by atoms with Crippen LogP contribution in [0.1, 0.15) is 33.6 Å². The lowest BCUT2D eigenvalue weighted by Gasteiger charge is -2.38. The molecule has 0 aliphatic carbocycles. The number of hydrogen-bond acceptors (Lipinski definition) is 5. The van der Waals surface area contributed by atoms with Crippen molar-refractivity contribution in [3.8, 4) is 0 Å². The number of azide groups is 1. The zero-order valence-electron chi connectivity index (χ0n) is 12.9. The standard InChI is InChI=1S/C11H25N3O4P2/c1-6-17-20(16,18-7-2)11(3,19(4,5)15)9-8-10-13-14-12/h6-10H2,1-5H3. The normalized spacial score (nSPS) is 15.4. The van der Waals surface area contributed by atoms with Gasteiger partial charge < -0.3 is 13.6 Å². The minimum atomic E-state index is -3.51. The van der Waals surface area contributed by atoms with E-state index in [1.165, 1.54) is 0 Å². The Morgan fingerprint density at radius 1 is 1.20 bits per heavy atom. The predicted octanol–water partition coefficient (Wildman–Crippen LogP) is 4.68. The lowest BCUT2D eigenvalue weighted by atomic mass is 10.2. The first-order valence-electron chi connectivity index (χ1n) is 6.63. The van der Waals surface area contributed by atoms with Gasteiger partial charge in [-0.3, -0.25) is 4.57 Å². The maximum absolute atomic E-state index is 13.0. The van der Waals surface area contributed by atoms with E-state index in [0.29, 0.717) is 12.8 Å². The van der Waals surface area contributed by atoms with Crippen LogP contribution in [0.15, 0.2) is 5.11 Å². The highest BCUT2D eigenvalue weighted by Gasteiger charge is 2.54. The SMILES string of the molecule is CCOP(=O)(OCC)C(C)(CCCN=[N+]=[N-])P(C)(C)=O. The third-order valence-electron chi connectivity index (χ3n) is 3.32. The maximum atomic E-state index is 13.0. The molecule has 0 fully saturated rings. The van der Waals surface area contributed by atoms with E-state index < -0.39 is 19.6 Å². The van der Waals surface area contributed by atoms with Gasteiger partial charge in [-0.25, -0.2) is 0 Å². The van der Waals surface area contributed by atoms with E-state index >= 15 is 0 Å². The van der Waals surface area contributed by atoms with Gasteiger partial charge in [-0.1, -0.05) is 5.11 Å². The van der Waals surface area contributed by atoms with Gasteiger partial charge in [0.25, 0.3) is 0 Å². The van der Waals surface area contributed by atoms with Crippen LogP contribution < -0.4 is 0 Å². The minimum absolute atomic E-state index is 0.225. The van der Waals surface area contributed by atoms with Crippen LogP contribution in [0.4, 0.5) is 0 Å². The van der Waals surface area contributed by atoms with Crippen molar-refractivity contribution in [3.63, 3.8) is 0 Å². The van der Waals surface area contributed by atoms with Gasteiger partial charge in [0, 0.05) is 11.5 Å². The summed E-state index contributed by atoms with van der Waals surface area (Å²) < 4.78 is 36.4. The zero-order chi connectivity index (χ0) is 15.9. The summed E-state index contributed by atoms with van der Waals surface area (Å²) in [4.78, 5) is 1.60. The third-order valence-corrected chi connectivity index (χ3v) is 10.6. The molecule has 1 unspecified atom stereocenters. The van der Waals surface area contributed by atoms with Crippen molar-refractivity contribution in [2.75, 3.05) is 33.1 Å². The second-order valence-corrected chi connectivity index (χ2v) is 11.5. The molecule has 0 saturated heterocycles. The fraction of sp³-hybridized carbons (Fsp3) is 1.00. The van der Waals surface area contributed by atoms with E-state index in [1.807, 2.05) is 0 Å². The molecule has 7 nitrogen and oxygen atoms in total. The number of hydrogen-bond donors (Lipinski definition) is 0. The van der Waals surface area contributed by atoms with Crippen LogP contribution in [0.5, 0.6) is 0 Å². The minimum Gasteiger partial charge on any atom is -0.323 e. The van der Waals surface area contributed by atoms with Gasteiger partial charge in [0.05, 0.1) is 20.4 Å². The summed E-state index contributed by atoms with van der Waals surface area (Å²) in [5.74, 6) is 0. The molecule has 1 atom stereocenters. The van der Waals surface area contributed by atoms with E-state index in [-0.39, 0.29) is 19.8 Å². The zero-order valence-corrected chi connectivity index (χ0v) is 14.7. The second kappa shape index (κ2) is 8.21. The Bertz CT molecular complexity index is 435. The van der Waals surface area contributed by atoms with Crippen molar-refractivity contribution in [1.82, 2.24) is 0 Å². The van der Waals surface area contributed by atoms with Crippen LogP contribution in [0.2, 0.25) is 0 Å². The topological polar surface area (TPSA) is 101 Å². The van der Waals surface area contributed by atoms with E-state index in [4.69, 9.17) is 14.6 Å². The molecule has 0 aromatic rings. The molecular weight excluding hydrogens is 300 g/mol. The molecular formula is C11H25N3O4P2. The Morgan fingerprint density at radius 3 is 2.05 bits per heavy atom. The summed E-state index contributed by atoms with van der Waals surface area (Å²) in [6.45, 7) is 9.02. The Kier molecular flexibility index (Phi) is 8.08. The first-order chi connectivity index (χ1) is 9.18. The van der Waals surface area contributed by atoms with Crippen molar-refractivity contribution in [2.45, 2.75) is 38.5 Å². The molecule has 0 aromatic carbocycles. The molecule has 0 aliphatic rings. The van der Waals surface area contributed by atoms with Gasteiger partial charge in [-0.15, -0.1) is 0 Å². The van der Waals surface area contributed by atoms with Crippen LogP contribution in [0.3, 0.4) is 0 Å². The fourth-order valence-corrected chi connectivity index (χ4v) is 7.03. The van der Waals surface area contributed by atoms with Crippen LogP contribution in [0.25, 0.3) is 10.4 Å². The molecule has 0 radical (unpaired) electrons. The van der Waals surface area contributed by atoms with Crippen molar-refractivity contribution < 1.29 is 18.2 Å². The summed E-state index contributed by atoms with van der Waals surface area (Å²) in [5.41, 5.74) is 8.28. The molecule has 0 aromatic heterocycles. The summed E-state index contributed by atoms with van der Waals surface area (Å²) in [7, 11) is -6.27. The molecule has 20 heavy (non-hydrogen) atoms.